The first-order valence-corrected chi connectivity index (χ1v) is 7.27. The highest BCUT2D eigenvalue weighted by Gasteiger charge is 2.20. The predicted molar refractivity (Wildman–Crippen MR) is 85.8 cm³/mol. The molecule has 0 amide bonds. The van der Waals surface area contributed by atoms with Crippen LogP contribution in [0, 0.1) is 6.92 Å². The highest BCUT2D eigenvalue weighted by molar-refractivity contribution is 5.33. The van der Waals surface area contributed by atoms with Gasteiger partial charge in [0.1, 0.15) is 17.6 Å². The van der Waals surface area contributed by atoms with Crippen molar-refractivity contribution in [2.45, 2.75) is 32.4 Å². The Bertz CT molecular complexity index is 566. The summed E-state index contributed by atoms with van der Waals surface area (Å²) in [5, 5.41) is 0. The Kier molecular flexibility index (Phi) is 5.23. The van der Waals surface area contributed by atoms with Gasteiger partial charge < -0.3 is 15.2 Å². The second-order valence-corrected chi connectivity index (χ2v) is 5.20. The zero-order valence-electron chi connectivity index (χ0n) is 12.9. The van der Waals surface area contributed by atoms with E-state index < -0.39 is 0 Å². The molecule has 2 aromatic carbocycles. The van der Waals surface area contributed by atoms with Crippen molar-refractivity contribution in [3.8, 4) is 11.5 Å². The zero-order valence-corrected chi connectivity index (χ0v) is 12.9. The van der Waals surface area contributed by atoms with Crippen molar-refractivity contribution in [3.63, 3.8) is 0 Å². The molecule has 3 heteroatoms. The Morgan fingerprint density at radius 2 is 1.71 bits per heavy atom. The fourth-order valence-electron chi connectivity index (χ4n) is 2.26. The molecule has 0 aromatic heterocycles. The molecule has 0 heterocycles. The molecule has 2 unspecified atom stereocenters. The fraction of sp³-hybridized carbons (Fsp3) is 0.333. The van der Waals surface area contributed by atoms with Crippen molar-refractivity contribution in [1.82, 2.24) is 0 Å². The smallest absolute Gasteiger partial charge is 0.139 e. The van der Waals surface area contributed by atoms with Gasteiger partial charge in [-0.1, -0.05) is 36.8 Å². The average molecular weight is 285 g/mol. The van der Waals surface area contributed by atoms with E-state index in [1.54, 1.807) is 7.11 Å². The summed E-state index contributed by atoms with van der Waals surface area (Å²) in [6.45, 7) is 4.15. The summed E-state index contributed by atoms with van der Waals surface area (Å²) in [6.07, 6.45) is 0.706. The van der Waals surface area contributed by atoms with Crippen LogP contribution in [0.2, 0.25) is 0 Å². The van der Waals surface area contributed by atoms with E-state index in [1.165, 1.54) is 5.56 Å². The number of hydrogen-bond donors (Lipinski definition) is 1. The molecule has 3 nitrogen and oxygen atoms in total. The average Bonchev–Trinajstić information content (AvgIpc) is 2.52. The van der Waals surface area contributed by atoms with Gasteiger partial charge >= 0.3 is 0 Å². The molecule has 0 aliphatic carbocycles. The van der Waals surface area contributed by atoms with Crippen molar-refractivity contribution in [2.75, 3.05) is 7.11 Å². The van der Waals surface area contributed by atoms with Crippen LogP contribution in [0.15, 0.2) is 48.5 Å². The third-order valence-corrected chi connectivity index (χ3v) is 3.55. The molecule has 0 saturated heterocycles. The van der Waals surface area contributed by atoms with Crippen molar-refractivity contribution < 1.29 is 9.47 Å². The van der Waals surface area contributed by atoms with Gasteiger partial charge in [-0.05, 0) is 43.2 Å². The topological polar surface area (TPSA) is 44.5 Å². The van der Waals surface area contributed by atoms with Crippen LogP contribution in [0.4, 0.5) is 0 Å². The van der Waals surface area contributed by atoms with E-state index in [0.717, 1.165) is 23.5 Å². The van der Waals surface area contributed by atoms with Gasteiger partial charge in [-0.15, -0.1) is 0 Å². The minimum atomic E-state index is -0.150. The predicted octanol–water partition coefficient (Wildman–Crippen LogP) is 3.86. The lowest BCUT2D eigenvalue weighted by Gasteiger charge is -2.25. The molecule has 0 spiro atoms. The standard InChI is InChI=1S/C18H23NO2/c1-4-17(19)18(14-7-5-6-13(2)12-14)21-16-10-8-15(20-3)9-11-16/h5-12,17-18H,4,19H2,1-3H3. The molecule has 0 saturated carbocycles. The third-order valence-electron chi connectivity index (χ3n) is 3.55. The molecule has 2 N–H and O–H groups in total. The number of rotatable bonds is 6. The first kappa shape index (κ1) is 15.4. The first-order valence-electron chi connectivity index (χ1n) is 7.27. The van der Waals surface area contributed by atoms with Crippen LogP contribution >= 0.6 is 0 Å². The van der Waals surface area contributed by atoms with Crippen LogP contribution in [0.5, 0.6) is 11.5 Å². The third kappa shape index (κ3) is 3.99. The number of methoxy groups -OCH3 is 1. The summed E-state index contributed by atoms with van der Waals surface area (Å²) in [5.41, 5.74) is 8.57. The van der Waals surface area contributed by atoms with E-state index in [-0.39, 0.29) is 12.1 Å². The molecule has 2 atom stereocenters. The highest BCUT2D eigenvalue weighted by atomic mass is 16.5. The minimum absolute atomic E-state index is 0.0473. The zero-order chi connectivity index (χ0) is 15.2. The second-order valence-electron chi connectivity index (χ2n) is 5.20. The van der Waals surface area contributed by atoms with Crippen LogP contribution < -0.4 is 15.2 Å². The molecule has 0 aliphatic heterocycles. The molecule has 0 radical (unpaired) electrons. The summed E-state index contributed by atoms with van der Waals surface area (Å²) in [6, 6.07) is 15.9. The Labute approximate surface area is 126 Å². The molecule has 112 valence electrons. The van der Waals surface area contributed by atoms with Crippen LogP contribution in [0.1, 0.15) is 30.6 Å². The molecule has 21 heavy (non-hydrogen) atoms. The maximum absolute atomic E-state index is 6.25. The van der Waals surface area contributed by atoms with E-state index in [1.807, 2.05) is 30.3 Å². The maximum Gasteiger partial charge on any atom is 0.139 e. The lowest BCUT2D eigenvalue weighted by atomic mass is 9.99. The Morgan fingerprint density at radius 1 is 1.05 bits per heavy atom. The summed E-state index contributed by atoms with van der Waals surface area (Å²) in [4.78, 5) is 0. The summed E-state index contributed by atoms with van der Waals surface area (Å²) < 4.78 is 11.3. The van der Waals surface area contributed by atoms with Gasteiger partial charge in [0.05, 0.1) is 7.11 Å². The first-order chi connectivity index (χ1) is 10.1. The Balaban J connectivity index is 2.23. The molecular weight excluding hydrogens is 262 g/mol. The second kappa shape index (κ2) is 7.14. The molecule has 0 aliphatic rings. The largest absolute Gasteiger partial charge is 0.497 e. The highest BCUT2D eigenvalue weighted by Crippen LogP contribution is 2.27. The van der Waals surface area contributed by atoms with Gasteiger partial charge in [0.15, 0.2) is 0 Å². The van der Waals surface area contributed by atoms with Gasteiger partial charge in [-0.2, -0.15) is 0 Å². The minimum Gasteiger partial charge on any atom is -0.497 e. The number of aryl methyl sites for hydroxylation is 1. The number of hydrogen-bond acceptors (Lipinski definition) is 3. The number of benzene rings is 2. The number of ether oxygens (including phenoxy) is 2. The number of nitrogens with two attached hydrogens (primary N) is 1. The maximum atomic E-state index is 6.25. The summed E-state index contributed by atoms with van der Waals surface area (Å²) in [7, 11) is 1.65. The SMILES string of the molecule is CCC(N)C(Oc1ccc(OC)cc1)c1cccc(C)c1. The van der Waals surface area contributed by atoms with Crippen LogP contribution in [0.25, 0.3) is 0 Å². The van der Waals surface area contributed by atoms with E-state index in [2.05, 4.69) is 32.0 Å². The summed E-state index contributed by atoms with van der Waals surface area (Å²) in [5.74, 6) is 1.61. The lowest BCUT2D eigenvalue weighted by molar-refractivity contribution is 0.171. The molecule has 0 fully saturated rings. The van der Waals surface area contributed by atoms with Gasteiger partial charge in [0, 0.05) is 6.04 Å². The van der Waals surface area contributed by atoms with Crippen molar-refractivity contribution in [2.24, 2.45) is 5.73 Å². The molecule has 0 bridgehead atoms. The Morgan fingerprint density at radius 3 is 2.29 bits per heavy atom. The van der Waals surface area contributed by atoms with E-state index in [0.29, 0.717) is 0 Å². The van der Waals surface area contributed by atoms with Crippen molar-refractivity contribution >= 4 is 0 Å². The van der Waals surface area contributed by atoms with Crippen molar-refractivity contribution in [3.05, 3.63) is 59.7 Å². The Hall–Kier alpha value is -2.00. The van der Waals surface area contributed by atoms with E-state index in [9.17, 15) is 0 Å². The normalized spacial score (nSPS) is 13.5. The quantitative estimate of drug-likeness (QED) is 0.876. The van der Waals surface area contributed by atoms with Gasteiger partial charge in [-0.25, -0.2) is 0 Å². The lowest BCUT2D eigenvalue weighted by Crippen LogP contribution is -2.31. The van der Waals surface area contributed by atoms with Crippen LogP contribution in [-0.4, -0.2) is 13.2 Å². The molecule has 2 rings (SSSR count). The molecular formula is C18H23NO2. The fourth-order valence-corrected chi connectivity index (χ4v) is 2.26. The van der Waals surface area contributed by atoms with Crippen LogP contribution in [0.3, 0.4) is 0 Å². The monoisotopic (exact) mass is 285 g/mol. The van der Waals surface area contributed by atoms with Crippen molar-refractivity contribution in [1.29, 1.82) is 0 Å². The van der Waals surface area contributed by atoms with Gasteiger partial charge in [0.25, 0.3) is 0 Å². The van der Waals surface area contributed by atoms with E-state index >= 15 is 0 Å². The summed E-state index contributed by atoms with van der Waals surface area (Å²) >= 11 is 0. The van der Waals surface area contributed by atoms with E-state index in [4.69, 9.17) is 15.2 Å². The van der Waals surface area contributed by atoms with Crippen LogP contribution in [-0.2, 0) is 0 Å². The molecule has 2 aromatic rings. The van der Waals surface area contributed by atoms with Gasteiger partial charge in [0.2, 0.25) is 0 Å². The van der Waals surface area contributed by atoms with Gasteiger partial charge in [-0.3, -0.25) is 0 Å².